The average molecular weight is 373 g/mol. The summed E-state index contributed by atoms with van der Waals surface area (Å²) in [5, 5.41) is 6.80. The number of nitrogens with zero attached hydrogens (tertiary/aromatic N) is 2. The van der Waals surface area contributed by atoms with E-state index in [1.807, 2.05) is 11.8 Å². The van der Waals surface area contributed by atoms with Crippen LogP contribution in [-0.4, -0.2) is 49.0 Å². The van der Waals surface area contributed by atoms with Crippen LogP contribution in [0.3, 0.4) is 0 Å². The van der Waals surface area contributed by atoms with E-state index in [4.69, 9.17) is 4.99 Å². The first-order chi connectivity index (χ1) is 12.8. The molecule has 2 rings (SSSR count). The molecule has 150 valence electrons. The van der Waals surface area contributed by atoms with Crippen molar-refractivity contribution in [2.24, 2.45) is 4.99 Å². The number of carbonyl (C=O) groups excluding carboxylic acids is 1. The third kappa shape index (κ3) is 6.56. The predicted octanol–water partition coefficient (Wildman–Crippen LogP) is 3.09. The van der Waals surface area contributed by atoms with E-state index in [1.165, 1.54) is 11.1 Å². The molecule has 27 heavy (non-hydrogen) atoms. The summed E-state index contributed by atoms with van der Waals surface area (Å²) >= 11 is 0. The summed E-state index contributed by atoms with van der Waals surface area (Å²) in [6, 6.07) is 9.15. The maximum absolute atomic E-state index is 11.8. The van der Waals surface area contributed by atoms with Crippen molar-refractivity contribution < 1.29 is 4.79 Å². The number of hydrogen-bond acceptors (Lipinski definition) is 2. The van der Waals surface area contributed by atoms with Crippen LogP contribution in [0.1, 0.15) is 58.6 Å². The summed E-state index contributed by atoms with van der Waals surface area (Å²) in [7, 11) is 0. The molecular weight excluding hydrogens is 336 g/mol. The van der Waals surface area contributed by atoms with Crippen LogP contribution in [0.2, 0.25) is 0 Å². The molecule has 5 heteroatoms. The first kappa shape index (κ1) is 21.3. The lowest BCUT2D eigenvalue weighted by Crippen LogP contribution is -2.45. The van der Waals surface area contributed by atoms with Gasteiger partial charge in [-0.2, -0.15) is 0 Å². The third-order valence-electron chi connectivity index (χ3n) is 5.02. The summed E-state index contributed by atoms with van der Waals surface area (Å²) in [4.78, 5) is 18.5. The van der Waals surface area contributed by atoms with Crippen molar-refractivity contribution >= 4 is 11.9 Å². The highest BCUT2D eigenvalue weighted by atomic mass is 16.2. The molecule has 2 N–H and O–H groups in total. The quantitative estimate of drug-likeness (QED) is 0.596. The van der Waals surface area contributed by atoms with Crippen LogP contribution in [0.5, 0.6) is 0 Å². The van der Waals surface area contributed by atoms with E-state index >= 15 is 0 Å². The van der Waals surface area contributed by atoms with Crippen LogP contribution in [0.25, 0.3) is 0 Å². The van der Waals surface area contributed by atoms with Crippen LogP contribution in [0.15, 0.2) is 29.3 Å². The van der Waals surface area contributed by atoms with Crippen molar-refractivity contribution in [1.29, 1.82) is 0 Å². The van der Waals surface area contributed by atoms with Gasteiger partial charge in [-0.1, -0.05) is 52.0 Å². The van der Waals surface area contributed by atoms with Gasteiger partial charge in [0.2, 0.25) is 5.91 Å². The maximum atomic E-state index is 11.8. The number of hydrogen-bond donors (Lipinski definition) is 2. The van der Waals surface area contributed by atoms with Gasteiger partial charge in [0.1, 0.15) is 0 Å². The standard InChI is InChI=1S/C22H36N4O/c1-6-20(27)26-15-13-19(16-26)25-21(23-7-2)24-14-12-17-8-10-18(11-9-17)22(3,4)5/h8-11,19H,6-7,12-16H2,1-5H3,(H2,23,24,25). The number of aliphatic imine (C=N–C) groups is 1. The van der Waals surface area contributed by atoms with Crippen molar-refractivity contribution in [3.63, 3.8) is 0 Å². The SMILES string of the molecule is CCNC(=NCCc1ccc(C(C)(C)C)cc1)NC1CCN(C(=O)CC)C1. The third-order valence-corrected chi connectivity index (χ3v) is 5.02. The molecule has 1 atom stereocenters. The van der Waals surface area contributed by atoms with Crippen molar-refractivity contribution in [3.8, 4) is 0 Å². The largest absolute Gasteiger partial charge is 0.357 e. The van der Waals surface area contributed by atoms with Crippen LogP contribution >= 0.6 is 0 Å². The number of benzene rings is 1. The van der Waals surface area contributed by atoms with E-state index in [0.717, 1.165) is 45.0 Å². The van der Waals surface area contributed by atoms with E-state index < -0.39 is 0 Å². The number of nitrogens with one attached hydrogen (secondary N) is 2. The summed E-state index contributed by atoms with van der Waals surface area (Å²) < 4.78 is 0. The van der Waals surface area contributed by atoms with Crippen LogP contribution in [0, 0.1) is 0 Å². The predicted molar refractivity (Wildman–Crippen MR) is 113 cm³/mol. The van der Waals surface area contributed by atoms with E-state index in [2.05, 4.69) is 62.6 Å². The van der Waals surface area contributed by atoms with Gasteiger partial charge < -0.3 is 15.5 Å². The Morgan fingerprint density at radius 1 is 1.22 bits per heavy atom. The molecule has 0 saturated carbocycles. The molecule has 1 saturated heterocycles. The number of rotatable bonds is 6. The van der Waals surface area contributed by atoms with Crippen molar-refractivity contribution in [2.45, 2.75) is 65.3 Å². The number of carbonyl (C=O) groups is 1. The first-order valence-electron chi connectivity index (χ1n) is 10.3. The molecule has 0 spiro atoms. The molecule has 1 fully saturated rings. The van der Waals surface area contributed by atoms with Gasteiger partial charge in [-0.05, 0) is 36.3 Å². The average Bonchev–Trinajstić information content (AvgIpc) is 3.09. The van der Waals surface area contributed by atoms with Crippen molar-refractivity contribution in [3.05, 3.63) is 35.4 Å². The normalized spacial score (nSPS) is 17.9. The van der Waals surface area contributed by atoms with Crippen molar-refractivity contribution in [1.82, 2.24) is 15.5 Å². The molecule has 1 unspecified atom stereocenters. The Balaban J connectivity index is 1.87. The van der Waals surface area contributed by atoms with Gasteiger partial charge in [0.05, 0.1) is 0 Å². The van der Waals surface area contributed by atoms with Gasteiger partial charge in [-0.15, -0.1) is 0 Å². The second-order valence-electron chi connectivity index (χ2n) is 8.28. The van der Waals surface area contributed by atoms with E-state index in [9.17, 15) is 4.79 Å². The second kappa shape index (κ2) is 9.77. The topological polar surface area (TPSA) is 56.7 Å². The molecule has 0 bridgehead atoms. The zero-order chi connectivity index (χ0) is 19.9. The van der Waals surface area contributed by atoms with Gasteiger partial charge >= 0.3 is 0 Å². The number of likely N-dealkylation sites (tertiary alicyclic amines) is 1. The molecule has 1 aromatic carbocycles. The molecule has 1 amide bonds. The Kier molecular flexibility index (Phi) is 7.69. The number of amides is 1. The minimum Gasteiger partial charge on any atom is -0.357 e. The van der Waals surface area contributed by atoms with Gasteiger partial charge in [-0.25, -0.2) is 0 Å². The molecule has 1 aliphatic rings. The first-order valence-corrected chi connectivity index (χ1v) is 10.3. The molecular formula is C22H36N4O. The molecule has 1 aliphatic heterocycles. The molecule has 0 radical (unpaired) electrons. The molecule has 5 nitrogen and oxygen atoms in total. The van der Waals surface area contributed by atoms with Gasteiger partial charge in [0.25, 0.3) is 0 Å². The van der Waals surface area contributed by atoms with Gasteiger partial charge in [-0.3, -0.25) is 9.79 Å². The molecule has 0 aromatic heterocycles. The minimum atomic E-state index is 0.188. The molecule has 1 heterocycles. The summed E-state index contributed by atoms with van der Waals surface area (Å²) in [6.45, 7) is 13.9. The Labute approximate surface area is 164 Å². The minimum absolute atomic E-state index is 0.188. The number of guanidine groups is 1. The lowest BCUT2D eigenvalue weighted by atomic mass is 9.86. The van der Waals surface area contributed by atoms with Crippen LogP contribution in [0.4, 0.5) is 0 Å². The second-order valence-corrected chi connectivity index (χ2v) is 8.28. The van der Waals surface area contributed by atoms with Crippen molar-refractivity contribution in [2.75, 3.05) is 26.2 Å². The maximum Gasteiger partial charge on any atom is 0.222 e. The monoisotopic (exact) mass is 372 g/mol. The van der Waals surface area contributed by atoms with E-state index in [0.29, 0.717) is 6.42 Å². The fourth-order valence-corrected chi connectivity index (χ4v) is 3.31. The Morgan fingerprint density at radius 3 is 2.52 bits per heavy atom. The Bertz CT molecular complexity index is 631. The Morgan fingerprint density at radius 2 is 1.93 bits per heavy atom. The van der Waals surface area contributed by atoms with E-state index in [-0.39, 0.29) is 17.4 Å². The highest BCUT2D eigenvalue weighted by molar-refractivity contribution is 5.80. The molecule has 1 aromatic rings. The highest BCUT2D eigenvalue weighted by Crippen LogP contribution is 2.22. The zero-order valence-corrected chi connectivity index (χ0v) is 17.6. The molecule has 0 aliphatic carbocycles. The summed E-state index contributed by atoms with van der Waals surface area (Å²) in [5.41, 5.74) is 2.85. The van der Waals surface area contributed by atoms with E-state index in [1.54, 1.807) is 0 Å². The fraction of sp³-hybridized carbons (Fsp3) is 0.636. The fourth-order valence-electron chi connectivity index (χ4n) is 3.31. The zero-order valence-electron chi connectivity index (χ0n) is 17.6. The Hall–Kier alpha value is -2.04. The smallest absolute Gasteiger partial charge is 0.222 e. The van der Waals surface area contributed by atoms with Crippen LogP contribution in [-0.2, 0) is 16.6 Å². The highest BCUT2D eigenvalue weighted by Gasteiger charge is 2.25. The summed E-state index contributed by atoms with van der Waals surface area (Å²) in [5.74, 6) is 1.08. The van der Waals surface area contributed by atoms with Gasteiger partial charge in [0, 0.05) is 38.6 Å². The lowest BCUT2D eigenvalue weighted by molar-refractivity contribution is -0.129. The summed E-state index contributed by atoms with van der Waals surface area (Å²) in [6.07, 6.45) is 2.48. The lowest BCUT2D eigenvalue weighted by Gasteiger charge is -2.19. The van der Waals surface area contributed by atoms with Crippen LogP contribution < -0.4 is 10.6 Å². The van der Waals surface area contributed by atoms with Gasteiger partial charge in [0.15, 0.2) is 5.96 Å².